The van der Waals surface area contributed by atoms with E-state index in [2.05, 4.69) is 41.4 Å². The Morgan fingerprint density at radius 1 is 1.20 bits per heavy atom. The Hall–Kier alpha value is -0.870. The van der Waals surface area contributed by atoms with Crippen molar-refractivity contribution >= 4 is 29.9 Å². The molecule has 2 N–H and O–H groups in total. The molecule has 0 aliphatic heterocycles. The van der Waals surface area contributed by atoms with E-state index in [0.29, 0.717) is 25.6 Å². The Kier molecular flexibility index (Phi) is 12.9. The summed E-state index contributed by atoms with van der Waals surface area (Å²) in [4.78, 5) is 8.49. The molecular formula is C17H33IN4O3. The van der Waals surface area contributed by atoms with Crippen LogP contribution in [0.3, 0.4) is 0 Å². The lowest BCUT2D eigenvalue weighted by Gasteiger charge is -2.13. The Balaban J connectivity index is 0.00000576. The van der Waals surface area contributed by atoms with Gasteiger partial charge in [-0.2, -0.15) is 0 Å². The third-order valence-corrected chi connectivity index (χ3v) is 3.36. The van der Waals surface area contributed by atoms with Gasteiger partial charge in [0.2, 0.25) is 5.89 Å². The van der Waals surface area contributed by atoms with Gasteiger partial charge < -0.3 is 24.5 Å². The van der Waals surface area contributed by atoms with Gasteiger partial charge in [0.25, 0.3) is 0 Å². The number of hydrogen-bond donors (Lipinski definition) is 2. The maximum absolute atomic E-state index is 5.75. The van der Waals surface area contributed by atoms with Crippen LogP contribution in [0.4, 0.5) is 0 Å². The predicted molar refractivity (Wildman–Crippen MR) is 111 cm³/mol. The minimum Gasteiger partial charge on any atom is -0.443 e. The van der Waals surface area contributed by atoms with Crippen molar-refractivity contribution in [3.63, 3.8) is 0 Å². The van der Waals surface area contributed by atoms with Crippen LogP contribution in [0.25, 0.3) is 0 Å². The van der Waals surface area contributed by atoms with Crippen LogP contribution in [-0.4, -0.2) is 51.5 Å². The van der Waals surface area contributed by atoms with Crippen molar-refractivity contribution in [1.82, 2.24) is 15.6 Å². The molecule has 1 heterocycles. The van der Waals surface area contributed by atoms with Crippen LogP contribution < -0.4 is 10.6 Å². The molecule has 7 nitrogen and oxygen atoms in total. The molecule has 0 atom stereocenters. The fourth-order valence-electron chi connectivity index (χ4n) is 1.90. The van der Waals surface area contributed by atoms with Crippen LogP contribution in [0.5, 0.6) is 0 Å². The largest absolute Gasteiger partial charge is 0.443 e. The SMILES string of the molecule is CN=C(NCCCCOCCOC)NCc1ncc(C(C)(C)C)o1.I. The number of methoxy groups -OCH3 is 1. The van der Waals surface area contributed by atoms with E-state index in [1.54, 1.807) is 20.4 Å². The maximum atomic E-state index is 5.75. The zero-order chi connectivity index (χ0) is 17.8. The Morgan fingerprint density at radius 3 is 2.56 bits per heavy atom. The highest BCUT2D eigenvalue weighted by atomic mass is 127. The number of guanidine groups is 1. The van der Waals surface area contributed by atoms with Gasteiger partial charge >= 0.3 is 0 Å². The highest BCUT2D eigenvalue weighted by Gasteiger charge is 2.19. The van der Waals surface area contributed by atoms with Gasteiger partial charge in [-0.1, -0.05) is 20.8 Å². The number of rotatable bonds is 10. The van der Waals surface area contributed by atoms with E-state index in [-0.39, 0.29) is 29.4 Å². The summed E-state index contributed by atoms with van der Waals surface area (Å²) >= 11 is 0. The molecule has 0 aliphatic rings. The molecule has 0 saturated carbocycles. The molecule has 0 radical (unpaired) electrons. The van der Waals surface area contributed by atoms with E-state index >= 15 is 0 Å². The third kappa shape index (κ3) is 10.7. The van der Waals surface area contributed by atoms with Crippen molar-refractivity contribution in [3.8, 4) is 0 Å². The minimum absolute atomic E-state index is 0. The zero-order valence-corrected chi connectivity index (χ0v) is 18.4. The summed E-state index contributed by atoms with van der Waals surface area (Å²) in [5.74, 6) is 2.29. The Bertz CT molecular complexity index is 486. The van der Waals surface area contributed by atoms with E-state index < -0.39 is 0 Å². The van der Waals surface area contributed by atoms with Gasteiger partial charge in [-0.25, -0.2) is 4.98 Å². The van der Waals surface area contributed by atoms with Gasteiger partial charge in [0, 0.05) is 32.7 Å². The predicted octanol–water partition coefficient (Wildman–Crippen LogP) is 2.70. The molecule has 1 aromatic rings. The van der Waals surface area contributed by atoms with Crippen LogP contribution >= 0.6 is 24.0 Å². The Morgan fingerprint density at radius 2 is 1.96 bits per heavy atom. The van der Waals surface area contributed by atoms with Crippen molar-refractivity contribution in [3.05, 3.63) is 17.8 Å². The van der Waals surface area contributed by atoms with E-state index in [1.165, 1.54) is 0 Å². The third-order valence-electron chi connectivity index (χ3n) is 3.36. The molecule has 146 valence electrons. The second kappa shape index (κ2) is 13.3. The number of nitrogens with one attached hydrogen (secondary N) is 2. The average molecular weight is 468 g/mol. The maximum Gasteiger partial charge on any atom is 0.213 e. The normalized spacial score (nSPS) is 12.0. The van der Waals surface area contributed by atoms with Crippen LogP contribution in [0.1, 0.15) is 45.3 Å². The standard InChI is InChI=1S/C17H32N4O3.HI/c1-17(2,3)14-12-20-15(24-14)13-21-16(18-4)19-8-6-7-9-23-11-10-22-5;/h12H,6-11,13H2,1-5H3,(H2,18,19,21);1H. The van der Waals surface area contributed by atoms with Gasteiger partial charge in [-0.05, 0) is 12.8 Å². The number of unbranched alkanes of at least 4 members (excludes halogenated alkanes) is 1. The van der Waals surface area contributed by atoms with Gasteiger partial charge in [0.15, 0.2) is 5.96 Å². The van der Waals surface area contributed by atoms with Crippen LogP contribution in [0.15, 0.2) is 15.6 Å². The van der Waals surface area contributed by atoms with E-state index in [9.17, 15) is 0 Å². The lowest BCUT2D eigenvalue weighted by Crippen LogP contribution is -2.37. The molecule has 1 aromatic heterocycles. The molecule has 0 amide bonds. The molecule has 25 heavy (non-hydrogen) atoms. The van der Waals surface area contributed by atoms with Crippen LogP contribution in [0, 0.1) is 0 Å². The highest BCUT2D eigenvalue weighted by Crippen LogP contribution is 2.22. The molecule has 8 heteroatoms. The molecule has 0 fully saturated rings. The topological polar surface area (TPSA) is 80.9 Å². The summed E-state index contributed by atoms with van der Waals surface area (Å²) in [7, 11) is 3.42. The number of hydrogen-bond acceptors (Lipinski definition) is 5. The second-order valence-electron chi connectivity index (χ2n) is 6.53. The first-order valence-corrected chi connectivity index (χ1v) is 8.43. The zero-order valence-electron chi connectivity index (χ0n) is 16.1. The van der Waals surface area contributed by atoms with E-state index in [4.69, 9.17) is 13.9 Å². The van der Waals surface area contributed by atoms with Crippen molar-refractivity contribution < 1.29 is 13.9 Å². The van der Waals surface area contributed by atoms with Gasteiger partial charge in [-0.3, -0.25) is 4.99 Å². The number of aliphatic imine (C=N–C) groups is 1. The average Bonchev–Trinajstić information content (AvgIpc) is 3.02. The van der Waals surface area contributed by atoms with Crippen molar-refractivity contribution in [2.75, 3.05) is 40.5 Å². The first-order valence-electron chi connectivity index (χ1n) is 8.43. The number of oxazole rings is 1. The fraction of sp³-hybridized carbons (Fsp3) is 0.765. The first-order chi connectivity index (χ1) is 11.5. The van der Waals surface area contributed by atoms with Gasteiger partial charge in [-0.15, -0.1) is 24.0 Å². The smallest absolute Gasteiger partial charge is 0.213 e. The molecule has 0 aromatic carbocycles. The van der Waals surface area contributed by atoms with Gasteiger partial charge in [0.05, 0.1) is 26.0 Å². The lowest BCUT2D eigenvalue weighted by atomic mass is 9.94. The van der Waals surface area contributed by atoms with Gasteiger partial charge in [0.1, 0.15) is 5.76 Å². The highest BCUT2D eigenvalue weighted by molar-refractivity contribution is 14.0. The molecule has 0 unspecified atom stereocenters. The summed E-state index contributed by atoms with van der Waals surface area (Å²) in [6.07, 6.45) is 3.81. The van der Waals surface area contributed by atoms with Crippen molar-refractivity contribution in [2.24, 2.45) is 4.99 Å². The van der Waals surface area contributed by atoms with Crippen LogP contribution in [-0.2, 0) is 21.4 Å². The summed E-state index contributed by atoms with van der Waals surface area (Å²) in [5.41, 5.74) is -0.0312. The number of halogens is 1. The van der Waals surface area contributed by atoms with Crippen molar-refractivity contribution in [1.29, 1.82) is 0 Å². The summed E-state index contributed by atoms with van der Waals surface area (Å²) in [6.45, 7) is 9.70. The first kappa shape index (κ1) is 24.1. The molecular weight excluding hydrogens is 435 g/mol. The van der Waals surface area contributed by atoms with E-state index in [0.717, 1.165) is 37.7 Å². The summed E-state index contributed by atoms with van der Waals surface area (Å²) in [5, 5.41) is 6.47. The molecule has 0 bridgehead atoms. The molecule has 1 rings (SSSR count). The summed E-state index contributed by atoms with van der Waals surface area (Å²) in [6, 6.07) is 0. The monoisotopic (exact) mass is 468 g/mol. The van der Waals surface area contributed by atoms with Crippen LogP contribution in [0.2, 0.25) is 0 Å². The van der Waals surface area contributed by atoms with E-state index in [1.807, 2.05) is 0 Å². The molecule has 0 aliphatic carbocycles. The quantitative estimate of drug-likeness (QED) is 0.238. The number of ether oxygens (including phenoxy) is 2. The molecule has 0 spiro atoms. The minimum atomic E-state index is -0.0312. The summed E-state index contributed by atoms with van der Waals surface area (Å²) < 4.78 is 16.1. The molecule has 0 saturated heterocycles. The lowest BCUT2D eigenvalue weighted by molar-refractivity contribution is 0.0689. The Labute approximate surface area is 168 Å². The number of nitrogens with zero attached hydrogens (tertiary/aromatic N) is 2. The fourth-order valence-corrected chi connectivity index (χ4v) is 1.90. The second-order valence-corrected chi connectivity index (χ2v) is 6.53. The van der Waals surface area contributed by atoms with Crippen molar-refractivity contribution in [2.45, 2.75) is 45.6 Å². The number of aromatic nitrogens is 1.